The molecule has 14 heavy (non-hydrogen) atoms. The third-order valence-electron chi connectivity index (χ3n) is 2.47. The first kappa shape index (κ1) is 12.8. The molecule has 0 heterocycles. The van der Waals surface area contributed by atoms with Crippen molar-refractivity contribution in [2.24, 2.45) is 17.6 Å². The molecular weight excluding hydrogens is 170 g/mol. The highest BCUT2D eigenvalue weighted by molar-refractivity contribution is 5.15. The van der Waals surface area contributed by atoms with E-state index >= 15 is 0 Å². The van der Waals surface area contributed by atoms with Gasteiger partial charge in [-0.15, -0.1) is 19.7 Å². The van der Waals surface area contributed by atoms with Crippen LogP contribution >= 0.6 is 0 Å². The Bertz CT molecular complexity index is 225. The number of nitrogens with two attached hydrogens (primary N) is 1. The van der Waals surface area contributed by atoms with E-state index in [4.69, 9.17) is 5.73 Å². The second-order valence-corrected chi connectivity index (χ2v) is 3.43. The Morgan fingerprint density at radius 1 is 1.29 bits per heavy atom. The molecule has 0 aromatic heterocycles. The molecule has 0 aliphatic rings. The lowest BCUT2D eigenvalue weighted by Crippen LogP contribution is -2.11. The molecule has 0 spiro atoms. The highest BCUT2D eigenvalue weighted by atomic mass is 14.5. The van der Waals surface area contributed by atoms with Gasteiger partial charge in [0.1, 0.15) is 0 Å². The predicted molar refractivity (Wildman–Crippen MR) is 64.7 cm³/mol. The van der Waals surface area contributed by atoms with Gasteiger partial charge in [-0.1, -0.05) is 25.2 Å². The fourth-order valence-electron chi connectivity index (χ4n) is 1.48. The lowest BCUT2D eigenvalue weighted by atomic mass is 9.85. The van der Waals surface area contributed by atoms with E-state index in [9.17, 15) is 0 Å². The van der Waals surface area contributed by atoms with Crippen molar-refractivity contribution in [3.63, 3.8) is 0 Å². The highest BCUT2D eigenvalue weighted by Crippen LogP contribution is 2.25. The van der Waals surface area contributed by atoms with Crippen molar-refractivity contribution >= 4 is 0 Å². The van der Waals surface area contributed by atoms with Gasteiger partial charge in [0.25, 0.3) is 0 Å². The Balaban J connectivity index is 4.53. The van der Waals surface area contributed by atoms with E-state index in [-0.39, 0.29) is 0 Å². The summed E-state index contributed by atoms with van der Waals surface area (Å²) in [4.78, 5) is 0. The van der Waals surface area contributed by atoms with Gasteiger partial charge in [0.2, 0.25) is 0 Å². The molecule has 0 aromatic carbocycles. The summed E-state index contributed by atoms with van der Waals surface area (Å²) in [5.41, 5.74) is 6.82. The van der Waals surface area contributed by atoms with E-state index in [1.165, 1.54) is 5.57 Å². The largest absolute Gasteiger partial charge is 0.405 e. The average Bonchev–Trinajstić information content (AvgIpc) is 2.23. The predicted octanol–water partition coefficient (Wildman–Crippen LogP) is 3.42. The van der Waals surface area contributed by atoms with E-state index < -0.39 is 0 Å². The lowest BCUT2D eigenvalue weighted by molar-refractivity contribution is 0.564. The van der Waals surface area contributed by atoms with Gasteiger partial charge in [-0.25, -0.2) is 0 Å². The number of hydrogen-bond acceptors (Lipinski definition) is 1. The van der Waals surface area contributed by atoms with Crippen LogP contribution in [0.25, 0.3) is 0 Å². The normalized spacial score (nSPS) is 15.6. The van der Waals surface area contributed by atoms with Gasteiger partial charge in [0.05, 0.1) is 0 Å². The van der Waals surface area contributed by atoms with Gasteiger partial charge in [-0.05, 0) is 30.5 Å². The van der Waals surface area contributed by atoms with Gasteiger partial charge in [-0.2, -0.15) is 0 Å². The summed E-state index contributed by atoms with van der Waals surface area (Å²) in [5.74, 6) is 0.685. The van der Waals surface area contributed by atoms with Gasteiger partial charge in [0.15, 0.2) is 0 Å². The van der Waals surface area contributed by atoms with Crippen LogP contribution in [0.3, 0.4) is 0 Å². The van der Waals surface area contributed by atoms with Crippen LogP contribution < -0.4 is 5.73 Å². The SMILES string of the molecule is C=CCC/C(=C/N)C(C=C)[C@@H](C)C=C. The minimum absolute atomic E-state index is 0.303. The molecule has 0 fully saturated rings. The monoisotopic (exact) mass is 191 g/mol. The maximum atomic E-state index is 5.60. The molecule has 0 rings (SSSR count). The van der Waals surface area contributed by atoms with Gasteiger partial charge in [0, 0.05) is 5.92 Å². The van der Waals surface area contributed by atoms with E-state index in [1.807, 2.05) is 18.2 Å². The third kappa shape index (κ3) is 3.65. The average molecular weight is 191 g/mol. The Morgan fingerprint density at radius 2 is 1.93 bits per heavy atom. The standard InChI is InChI=1S/C13H21N/c1-5-8-9-12(10-14)13(7-3)11(4)6-2/h5-7,10-11,13H,1-3,8-9,14H2,4H3/b12-10-/t11-,13?/m0/s1. The lowest BCUT2D eigenvalue weighted by Gasteiger charge is -2.20. The minimum Gasteiger partial charge on any atom is -0.405 e. The summed E-state index contributed by atoms with van der Waals surface area (Å²) in [6.07, 6.45) is 9.38. The zero-order valence-electron chi connectivity index (χ0n) is 9.08. The number of hydrogen-bond donors (Lipinski definition) is 1. The van der Waals surface area contributed by atoms with Crippen molar-refractivity contribution in [1.29, 1.82) is 0 Å². The number of allylic oxidation sites excluding steroid dienone is 4. The summed E-state index contributed by atoms with van der Waals surface area (Å²) in [6.45, 7) is 13.5. The molecule has 2 atom stereocenters. The Labute approximate surface area is 87.7 Å². The molecule has 0 aliphatic carbocycles. The summed E-state index contributed by atoms with van der Waals surface area (Å²) in [5, 5.41) is 0. The van der Waals surface area contributed by atoms with Crippen molar-refractivity contribution in [3.8, 4) is 0 Å². The van der Waals surface area contributed by atoms with E-state index in [0.717, 1.165) is 12.8 Å². The summed E-state index contributed by atoms with van der Waals surface area (Å²) >= 11 is 0. The molecule has 1 heteroatoms. The molecule has 1 unspecified atom stereocenters. The highest BCUT2D eigenvalue weighted by Gasteiger charge is 2.14. The summed E-state index contributed by atoms with van der Waals surface area (Å²) in [6, 6.07) is 0. The zero-order chi connectivity index (χ0) is 11.0. The van der Waals surface area contributed by atoms with Crippen LogP contribution in [0.15, 0.2) is 49.7 Å². The molecule has 0 amide bonds. The third-order valence-corrected chi connectivity index (χ3v) is 2.47. The topological polar surface area (TPSA) is 26.0 Å². The van der Waals surface area contributed by atoms with E-state index in [0.29, 0.717) is 11.8 Å². The molecule has 0 radical (unpaired) electrons. The maximum absolute atomic E-state index is 5.60. The van der Waals surface area contributed by atoms with E-state index in [2.05, 4.69) is 26.7 Å². The minimum atomic E-state index is 0.303. The first-order valence-electron chi connectivity index (χ1n) is 4.97. The zero-order valence-corrected chi connectivity index (χ0v) is 9.08. The first-order valence-corrected chi connectivity index (χ1v) is 4.97. The van der Waals surface area contributed by atoms with Crippen LogP contribution in [-0.2, 0) is 0 Å². The number of rotatable bonds is 7. The van der Waals surface area contributed by atoms with Crippen LogP contribution in [-0.4, -0.2) is 0 Å². The quantitative estimate of drug-likeness (QED) is 0.613. The molecule has 2 N–H and O–H groups in total. The molecule has 0 bridgehead atoms. The smallest absolute Gasteiger partial charge is 0.00515 e. The van der Waals surface area contributed by atoms with Crippen LogP contribution in [0.1, 0.15) is 19.8 Å². The molecular formula is C13H21N. The molecule has 0 aromatic rings. The maximum Gasteiger partial charge on any atom is 0.00515 e. The van der Waals surface area contributed by atoms with Crippen molar-refractivity contribution in [2.45, 2.75) is 19.8 Å². The van der Waals surface area contributed by atoms with Gasteiger partial charge >= 0.3 is 0 Å². The van der Waals surface area contributed by atoms with Crippen LogP contribution in [0.4, 0.5) is 0 Å². The summed E-state index contributed by atoms with van der Waals surface area (Å²) < 4.78 is 0. The Hall–Kier alpha value is -1.24. The van der Waals surface area contributed by atoms with Crippen molar-refractivity contribution in [3.05, 3.63) is 49.7 Å². The van der Waals surface area contributed by atoms with Crippen LogP contribution in [0, 0.1) is 11.8 Å². The first-order chi connectivity index (χ1) is 6.71. The van der Waals surface area contributed by atoms with Crippen LogP contribution in [0.2, 0.25) is 0 Å². The molecule has 0 aliphatic heterocycles. The van der Waals surface area contributed by atoms with Gasteiger partial charge in [-0.3, -0.25) is 0 Å². The molecule has 78 valence electrons. The molecule has 0 saturated heterocycles. The fourth-order valence-corrected chi connectivity index (χ4v) is 1.48. The van der Waals surface area contributed by atoms with Crippen LogP contribution in [0.5, 0.6) is 0 Å². The van der Waals surface area contributed by atoms with Crippen molar-refractivity contribution in [1.82, 2.24) is 0 Å². The van der Waals surface area contributed by atoms with Gasteiger partial charge < -0.3 is 5.73 Å². The Kier molecular flexibility index (Phi) is 6.55. The van der Waals surface area contributed by atoms with Crippen molar-refractivity contribution in [2.75, 3.05) is 0 Å². The molecule has 0 saturated carbocycles. The Morgan fingerprint density at radius 3 is 2.29 bits per heavy atom. The summed E-state index contributed by atoms with van der Waals surface area (Å²) in [7, 11) is 0. The fraction of sp³-hybridized carbons (Fsp3) is 0.385. The second kappa shape index (κ2) is 7.19. The molecule has 1 nitrogen and oxygen atoms in total. The van der Waals surface area contributed by atoms with E-state index in [1.54, 1.807) is 6.20 Å². The van der Waals surface area contributed by atoms with Crippen molar-refractivity contribution < 1.29 is 0 Å². The second-order valence-electron chi connectivity index (χ2n) is 3.43.